The number of alkyl halides is 1. The van der Waals surface area contributed by atoms with E-state index in [2.05, 4.69) is 0 Å². The average Bonchev–Trinajstić information content (AvgIpc) is 2.48. The van der Waals surface area contributed by atoms with E-state index in [0.29, 0.717) is 18.4 Å². The topological polar surface area (TPSA) is 49.8 Å². The van der Waals surface area contributed by atoms with Crippen molar-refractivity contribution >= 4 is 6.09 Å². The summed E-state index contributed by atoms with van der Waals surface area (Å²) in [6.07, 6.45) is -2.50. The van der Waals surface area contributed by atoms with Crippen LogP contribution in [0.1, 0.15) is 58.6 Å². The molecule has 0 saturated heterocycles. The van der Waals surface area contributed by atoms with Gasteiger partial charge in [-0.2, -0.15) is 0 Å². The molecule has 0 heterocycles. The molecule has 1 amide bonds. The number of ether oxygens (including phenoxy) is 1. The molecule has 1 N–H and O–H groups in total. The summed E-state index contributed by atoms with van der Waals surface area (Å²) < 4.78 is 34.2. The van der Waals surface area contributed by atoms with Crippen LogP contribution >= 0.6 is 0 Å². The average molecular weight is 355 g/mol. The maximum Gasteiger partial charge on any atom is 0.407 e. The van der Waals surface area contributed by atoms with Crippen molar-refractivity contribution in [3.63, 3.8) is 0 Å². The number of hydrogen-bond donors (Lipinski definition) is 1. The van der Waals surface area contributed by atoms with E-state index in [4.69, 9.17) is 4.74 Å². The monoisotopic (exact) mass is 355 g/mol. The van der Waals surface area contributed by atoms with Crippen LogP contribution in [0.5, 0.6) is 0 Å². The Morgan fingerprint density at radius 1 is 1.32 bits per heavy atom. The Bertz CT molecular complexity index is 603. The molecule has 1 aliphatic carbocycles. The minimum Gasteiger partial charge on any atom is -0.465 e. The molecule has 1 aliphatic rings. The van der Waals surface area contributed by atoms with Gasteiger partial charge in [0.1, 0.15) is 12.0 Å². The van der Waals surface area contributed by atoms with Gasteiger partial charge in [0.05, 0.1) is 12.2 Å². The molecule has 4 unspecified atom stereocenters. The summed E-state index contributed by atoms with van der Waals surface area (Å²) in [5.74, 6) is -0.371. The van der Waals surface area contributed by atoms with Gasteiger partial charge in [-0.05, 0) is 46.6 Å². The van der Waals surface area contributed by atoms with E-state index in [0.717, 1.165) is 0 Å². The van der Waals surface area contributed by atoms with Gasteiger partial charge >= 0.3 is 6.09 Å². The third kappa shape index (κ3) is 4.69. The zero-order valence-electron chi connectivity index (χ0n) is 15.2. The summed E-state index contributed by atoms with van der Waals surface area (Å²) in [7, 11) is 0. The van der Waals surface area contributed by atoms with Crippen LogP contribution in [0, 0.1) is 5.82 Å². The van der Waals surface area contributed by atoms with Gasteiger partial charge < -0.3 is 14.7 Å². The third-order valence-electron chi connectivity index (χ3n) is 4.70. The number of halogens is 2. The van der Waals surface area contributed by atoms with Crippen molar-refractivity contribution in [2.75, 3.05) is 0 Å². The van der Waals surface area contributed by atoms with E-state index in [9.17, 15) is 18.7 Å². The highest BCUT2D eigenvalue weighted by Crippen LogP contribution is 2.34. The Balaban J connectivity index is 2.02. The summed E-state index contributed by atoms with van der Waals surface area (Å²) in [6, 6.07) is 5.92. The lowest BCUT2D eigenvalue weighted by molar-refractivity contribution is -0.0819. The first-order valence-corrected chi connectivity index (χ1v) is 8.67. The number of amides is 1. The zero-order chi connectivity index (χ0) is 18.8. The van der Waals surface area contributed by atoms with Gasteiger partial charge in [-0.25, -0.2) is 13.6 Å². The first-order valence-electron chi connectivity index (χ1n) is 8.67. The Hall–Kier alpha value is -1.69. The molecule has 1 aromatic carbocycles. The van der Waals surface area contributed by atoms with Gasteiger partial charge in [0.25, 0.3) is 0 Å². The highest BCUT2D eigenvalue weighted by atomic mass is 19.1. The second-order valence-corrected chi connectivity index (χ2v) is 7.64. The van der Waals surface area contributed by atoms with Gasteiger partial charge in [0.15, 0.2) is 0 Å². The molecule has 1 saturated carbocycles. The van der Waals surface area contributed by atoms with Crippen molar-refractivity contribution in [3.05, 3.63) is 35.6 Å². The third-order valence-corrected chi connectivity index (χ3v) is 4.70. The van der Waals surface area contributed by atoms with Gasteiger partial charge in [0, 0.05) is 23.6 Å². The standard InChI is InChI=1S/C19H27F2NO3/c1-12(14-7-5-6-8-15(14)20)25-17-10-9-13(11-16(17)21)22(18(23)24)19(2,3)4/h5-8,12-13,16-17H,9-11H2,1-4H3,(H,23,24). The van der Waals surface area contributed by atoms with E-state index in [1.54, 1.807) is 45.9 Å². The fourth-order valence-corrected chi connectivity index (χ4v) is 3.59. The lowest BCUT2D eigenvalue weighted by Crippen LogP contribution is -2.54. The number of nitrogens with zero attached hydrogens (tertiary/aromatic N) is 1. The Labute approximate surface area is 147 Å². The molecule has 0 spiro atoms. The highest BCUT2D eigenvalue weighted by molar-refractivity contribution is 5.66. The van der Waals surface area contributed by atoms with Crippen molar-refractivity contribution < 1.29 is 23.4 Å². The van der Waals surface area contributed by atoms with Crippen LogP contribution in [0.4, 0.5) is 13.6 Å². The lowest BCUT2D eigenvalue weighted by Gasteiger charge is -2.43. The number of rotatable bonds is 4. The van der Waals surface area contributed by atoms with Crippen LogP contribution in [0.2, 0.25) is 0 Å². The van der Waals surface area contributed by atoms with Gasteiger partial charge in [0.2, 0.25) is 0 Å². The quantitative estimate of drug-likeness (QED) is 0.832. The molecule has 1 fully saturated rings. The van der Waals surface area contributed by atoms with Crippen LogP contribution in [0.15, 0.2) is 24.3 Å². The molecule has 25 heavy (non-hydrogen) atoms. The molecule has 2 rings (SSSR count). The van der Waals surface area contributed by atoms with Crippen LogP contribution in [0.3, 0.4) is 0 Å². The largest absolute Gasteiger partial charge is 0.465 e. The second kappa shape index (κ2) is 7.68. The Kier molecular flexibility index (Phi) is 6.03. The summed E-state index contributed by atoms with van der Waals surface area (Å²) in [5, 5.41) is 9.47. The van der Waals surface area contributed by atoms with Gasteiger partial charge in [-0.1, -0.05) is 18.2 Å². The number of hydrogen-bond acceptors (Lipinski definition) is 2. The van der Waals surface area contributed by atoms with Crippen molar-refractivity contribution in [2.45, 2.75) is 76.9 Å². The molecule has 4 nitrogen and oxygen atoms in total. The van der Waals surface area contributed by atoms with Crippen LogP contribution in [0.25, 0.3) is 0 Å². The summed E-state index contributed by atoms with van der Waals surface area (Å²) >= 11 is 0. The van der Waals surface area contributed by atoms with Crippen molar-refractivity contribution in [3.8, 4) is 0 Å². The number of carbonyl (C=O) groups is 1. The van der Waals surface area contributed by atoms with Crippen LogP contribution < -0.4 is 0 Å². The summed E-state index contributed by atoms with van der Waals surface area (Å²) in [4.78, 5) is 12.9. The molecular weight excluding hydrogens is 328 g/mol. The fraction of sp³-hybridized carbons (Fsp3) is 0.632. The zero-order valence-corrected chi connectivity index (χ0v) is 15.2. The maximum atomic E-state index is 14.6. The maximum absolute atomic E-state index is 14.6. The molecule has 0 aliphatic heterocycles. The van der Waals surface area contributed by atoms with E-state index < -0.39 is 30.0 Å². The van der Waals surface area contributed by atoms with Crippen molar-refractivity contribution in [1.82, 2.24) is 4.90 Å². The molecule has 4 atom stereocenters. The molecule has 6 heteroatoms. The van der Waals surface area contributed by atoms with Gasteiger partial charge in [-0.3, -0.25) is 0 Å². The lowest BCUT2D eigenvalue weighted by atomic mass is 9.88. The summed E-state index contributed by atoms with van der Waals surface area (Å²) in [6.45, 7) is 7.11. The van der Waals surface area contributed by atoms with Crippen LogP contribution in [-0.4, -0.2) is 40.0 Å². The van der Waals surface area contributed by atoms with Crippen molar-refractivity contribution in [1.29, 1.82) is 0 Å². The molecule has 0 bridgehead atoms. The fourth-order valence-electron chi connectivity index (χ4n) is 3.59. The molecule has 0 radical (unpaired) electrons. The van der Waals surface area contributed by atoms with E-state index >= 15 is 0 Å². The molecule has 0 aromatic heterocycles. The second-order valence-electron chi connectivity index (χ2n) is 7.64. The summed E-state index contributed by atoms with van der Waals surface area (Å²) in [5.41, 5.74) is -0.191. The predicted octanol–water partition coefficient (Wildman–Crippen LogP) is 4.94. The normalized spacial score (nSPS) is 25.4. The first kappa shape index (κ1) is 19.6. The van der Waals surface area contributed by atoms with E-state index in [1.165, 1.54) is 11.0 Å². The first-order chi connectivity index (χ1) is 11.6. The van der Waals surface area contributed by atoms with Crippen LogP contribution in [-0.2, 0) is 4.74 Å². The molecule has 140 valence electrons. The Morgan fingerprint density at radius 3 is 2.48 bits per heavy atom. The van der Waals surface area contributed by atoms with Gasteiger partial charge in [-0.15, -0.1) is 0 Å². The minimum absolute atomic E-state index is 0.0955. The smallest absolute Gasteiger partial charge is 0.407 e. The number of benzene rings is 1. The Morgan fingerprint density at radius 2 is 1.96 bits per heavy atom. The SMILES string of the molecule is CC(OC1CCC(N(C(=O)O)C(C)(C)C)CC1F)c1ccccc1F. The van der Waals surface area contributed by atoms with E-state index in [-0.39, 0.29) is 18.3 Å². The number of carboxylic acid groups (broad SMARTS) is 1. The highest BCUT2D eigenvalue weighted by Gasteiger charge is 2.40. The predicted molar refractivity (Wildman–Crippen MR) is 91.8 cm³/mol. The molecular formula is C19H27F2NO3. The molecule has 1 aromatic rings. The minimum atomic E-state index is -1.28. The van der Waals surface area contributed by atoms with E-state index in [1.807, 2.05) is 0 Å². The van der Waals surface area contributed by atoms with Crippen molar-refractivity contribution in [2.24, 2.45) is 0 Å².